The van der Waals surface area contributed by atoms with Crippen LogP contribution in [0.2, 0.25) is 0 Å². The molecule has 0 heterocycles. The van der Waals surface area contributed by atoms with Crippen LogP contribution in [0.15, 0.2) is 0 Å². The molecule has 0 saturated carbocycles. The highest BCUT2D eigenvalue weighted by Gasteiger charge is 2.03. The lowest BCUT2D eigenvalue weighted by Crippen LogP contribution is -2.03. The maximum absolute atomic E-state index is 10.4. The van der Waals surface area contributed by atoms with Gasteiger partial charge < -0.3 is 0 Å². The van der Waals surface area contributed by atoms with Crippen molar-refractivity contribution < 1.29 is 14.4 Å². The van der Waals surface area contributed by atoms with Gasteiger partial charge in [0.15, 0.2) is 0 Å². The Morgan fingerprint density at radius 1 is 1.44 bits per heavy atom. The first kappa shape index (κ1) is 8.01. The third-order valence-electron chi connectivity index (χ3n) is 0.715. The van der Waals surface area contributed by atoms with Crippen LogP contribution in [0, 0.1) is 0 Å². The summed E-state index contributed by atoms with van der Waals surface area (Å²) in [5.41, 5.74) is 0. The van der Waals surface area contributed by atoms with E-state index in [0.717, 1.165) is 0 Å². The molecule has 0 spiro atoms. The first-order chi connectivity index (χ1) is 4.16. The molecule has 0 amide bonds. The van der Waals surface area contributed by atoms with Crippen molar-refractivity contribution in [2.24, 2.45) is 0 Å². The molecule has 0 aliphatic rings. The standard InChI is InChI=1S/C6H7O3/c1-5(8)4-6(9)2-3-7/h2,4H2,1H3. The van der Waals surface area contributed by atoms with E-state index in [2.05, 4.69) is 0 Å². The quantitative estimate of drug-likeness (QED) is 0.501. The zero-order chi connectivity index (χ0) is 7.28. The van der Waals surface area contributed by atoms with Gasteiger partial charge in [-0.05, 0) is 6.92 Å². The van der Waals surface area contributed by atoms with E-state index in [1.54, 1.807) is 0 Å². The Morgan fingerprint density at radius 2 is 2.00 bits per heavy atom. The summed E-state index contributed by atoms with van der Waals surface area (Å²) in [6, 6.07) is 0. The molecular formula is C6H7O3. The summed E-state index contributed by atoms with van der Waals surface area (Å²) in [5.74, 6) is -0.576. The molecule has 0 fully saturated rings. The van der Waals surface area contributed by atoms with Gasteiger partial charge in [-0.15, -0.1) is 0 Å². The van der Waals surface area contributed by atoms with Gasteiger partial charge in [0.1, 0.15) is 11.6 Å². The lowest BCUT2D eigenvalue weighted by molar-refractivity contribution is -0.125. The fourth-order valence-electron chi connectivity index (χ4n) is 0.421. The molecule has 0 aliphatic carbocycles. The second kappa shape index (κ2) is 3.95. The predicted octanol–water partition coefficient (Wildman–Crippen LogP) is 0.0344. The molecule has 3 heteroatoms. The highest BCUT2D eigenvalue weighted by molar-refractivity contribution is 6.02. The van der Waals surface area contributed by atoms with Gasteiger partial charge in [-0.3, -0.25) is 14.4 Å². The molecule has 0 bridgehead atoms. The summed E-state index contributed by atoms with van der Waals surface area (Å²) in [5, 5.41) is 0. The van der Waals surface area contributed by atoms with E-state index in [1.165, 1.54) is 13.2 Å². The van der Waals surface area contributed by atoms with Gasteiger partial charge in [-0.1, -0.05) is 0 Å². The summed E-state index contributed by atoms with van der Waals surface area (Å²) in [4.78, 5) is 30.1. The minimum Gasteiger partial charge on any atom is -0.300 e. The molecule has 3 nitrogen and oxygen atoms in total. The molecule has 49 valence electrons. The van der Waals surface area contributed by atoms with Gasteiger partial charge in [-0.2, -0.15) is 0 Å². The first-order valence-corrected chi connectivity index (χ1v) is 2.53. The highest BCUT2D eigenvalue weighted by Crippen LogP contribution is 1.87. The SMILES string of the molecule is CC(=O)CC(=O)C[C]=O. The number of hydrogen-bond donors (Lipinski definition) is 0. The van der Waals surface area contributed by atoms with Crippen LogP contribution in [0.1, 0.15) is 19.8 Å². The van der Waals surface area contributed by atoms with Crippen molar-refractivity contribution in [3.05, 3.63) is 0 Å². The maximum Gasteiger partial charge on any atom is 0.206 e. The van der Waals surface area contributed by atoms with Crippen molar-refractivity contribution >= 4 is 17.9 Å². The fraction of sp³-hybridized carbons (Fsp3) is 0.500. The van der Waals surface area contributed by atoms with Crippen molar-refractivity contribution in [2.75, 3.05) is 0 Å². The lowest BCUT2D eigenvalue weighted by Gasteiger charge is -1.86. The van der Waals surface area contributed by atoms with Gasteiger partial charge in [0.2, 0.25) is 6.29 Å². The van der Waals surface area contributed by atoms with Crippen LogP contribution in [0.25, 0.3) is 0 Å². The van der Waals surface area contributed by atoms with E-state index in [9.17, 15) is 14.4 Å². The smallest absolute Gasteiger partial charge is 0.206 e. The Labute approximate surface area is 53.0 Å². The van der Waals surface area contributed by atoms with Crippen LogP contribution in [0.4, 0.5) is 0 Å². The fourth-order valence-corrected chi connectivity index (χ4v) is 0.421. The van der Waals surface area contributed by atoms with Gasteiger partial charge in [-0.25, -0.2) is 0 Å². The van der Waals surface area contributed by atoms with Crippen LogP contribution in [0.3, 0.4) is 0 Å². The van der Waals surface area contributed by atoms with E-state index in [1.807, 2.05) is 0 Å². The van der Waals surface area contributed by atoms with Crippen molar-refractivity contribution in [1.82, 2.24) is 0 Å². The van der Waals surface area contributed by atoms with Crippen LogP contribution in [-0.2, 0) is 14.4 Å². The Bertz CT molecular complexity index is 137. The third kappa shape index (κ3) is 4.87. The summed E-state index contributed by atoms with van der Waals surface area (Å²) in [6.45, 7) is 1.31. The monoisotopic (exact) mass is 127 g/mol. The van der Waals surface area contributed by atoms with Crippen molar-refractivity contribution in [3.63, 3.8) is 0 Å². The van der Waals surface area contributed by atoms with E-state index < -0.39 is 0 Å². The molecule has 0 atom stereocenters. The second-order valence-electron chi connectivity index (χ2n) is 1.74. The summed E-state index contributed by atoms with van der Waals surface area (Å²) in [6.07, 6.45) is 1.01. The van der Waals surface area contributed by atoms with Crippen LogP contribution >= 0.6 is 0 Å². The van der Waals surface area contributed by atoms with Crippen molar-refractivity contribution in [1.29, 1.82) is 0 Å². The number of rotatable bonds is 4. The number of carbonyl (C=O) groups excluding carboxylic acids is 3. The molecule has 0 aromatic heterocycles. The normalized spacial score (nSPS) is 8.56. The average molecular weight is 127 g/mol. The average Bonchev–Trinajstić information content (AvgIpc) is 1.63. The molecular weight excluding hydrogens is 120 g/mol. The van der Waals surface area contributed by atoms with Crippen molar-refractivity contribution in [2.45, 2.75) is 19.8 Å². The maximum atomic E-state index is 10.4. The van der Waals surface area contributed by atoms with Crippen molar-refractivity contribution in [3.8, 4) is 0 Å². The first-order valence-electron chi connectivity index (χ1n) is 2.53. The van der Waals surface area contributed by atoms with Crippen LogP contribution < -0.4 is 0 Å². The topological polar surface area (TPSA) is 51.2 Å². The zero-order valence-corrected chi connectivity index (χ0v) is 5.14. The largest absolute Gasteiger partial charge is 0.300 e. The van der Waals surface area contributed by atoms with Gasteiger partial charge in [0.05, 0.1) is 12.8 Å². The molecule has 0 saturated heterocycles. The van der Waals surface area contributed by atoms with Crippen LogP contribution in [0.5, 0.6) is 0 Å². The minimum atomic E-state index is -0.363. The van der Waals surface area contributed by atoms with Gasteiger partial charge in [0, 0.05) is 0 Å². The third-order valence-corrected chi connectivity index (χ3v) is 0.715. The molecule has 0 rings (SSSR count). The molecule has 0 N–H and O–H groups in total. The highest BCUT2D eigenvalue weighted by atomic mass is 16.2. The molecule has 9 heavy (non-hydrogen) atoms. The Kier molecular flexibility index (Phi) is 3.51. The number of Topliss-reactive ketones (excluding diaryl/α,β-unsaturated/α-hetero) is 2. The number of hydrogen-bond acceptors (Lipinski definition) is 3. The summed E-state index contributed by atoms with van der Waals surface area (Å²) >= 11 is 0. The van der Waals surface area contributed by atoms with E-state index in [4.69, 9.17) is 0 Å². The minimum absolute atomic E-state index is 0.144. The van der Waals surface area contributed by atoms with Gasteiger partial charge in [0.25, 0.3) is 0 Å². The molecule has 0 aliphatic heterocycles. The second-order valence-corrected chi connectivity index (χ2v) is 1.74. The Hall–Kier alpha value is -0.990. The number of carbonyl (C=O) groups is 2. The van der Waals surface area contributed by atoms with E-state index >= 15 is 0 Å². The molecule has 0 unspecified atom stereocenters. The van der Waals surface area contributed by atoms with E-state index in [0.29, 0.717) is 0 Å². The summed E-state index contributed by atoms with van der Waals surface area (Å²) < 4.78 is 0. The van der Waals surface area contributed by atoms with Crippen LogP contribution in [-0.4, -0.2) is 17.9 Å². The lowest BCUT2D eigenvalue weighted by atomic mass is 10.2. The Balaban J connectivity index is 3.50. The Morgan fingerprint density at radius 3 is 2.33 bits per heavy atom. The molecule has 1 radical (unpaired) electrons. The molecule has 0 aromatic carbocycles. The predicted molar refractivity (Wildman–Crippen MR) is 30.6 cm³/mol. The van der Waals surface area contributed by atoms with E-state index in [-0.39, 0.29) is 24.4 Å². The zero-order valence-electron chi connectivity index (χ0n) is 5.14. The molecule has 0 aromatic rings. The van der Waals surface area contributed by atoms with Gasteiger partial charge >= 0.3 is 0 Å². The summed E-state index contributed by atoms with van der Waals surface area (Å²) in [7, 11) is 0. The number of ketones is 2.